The third-order valence-corrected chi connectivity index (χ3v) is 4.32. The summed E-state index contributed by atoms with van der Waals surface area (Å²) >= 11 is 0. The normalized spacial score (nSPS) is 15.7. The molecule has 132 valence electrons. The van der Waals surface area contributed by atoms with E-state index in [1.165, 1.54) is 6.42 Å². The highest BCUT2D eigenvalue weighted by molar-refractivity contribution is 5.85. The van der Waals surface area contributed by atoms with Crippen LogP contribution in [0.1, 0.15) is 57.2 Å². The summed E-state index contributed by atoms with van der Waals surface area (Å²) in [6.45, 7) is 6.88. The van der Waals surface area contributed by atoms with Gasteiger partial charge in [-0.05, 0) is 38.8 Å². The predicted molar refractivity (Wildman–Crippen MR) is 91.8 cm³/mol. The number of halogens is 1. The number of carbonyl (C=O) groups is 1. The molecule has 0 atom stereocenters. The van der Waals surface area contributed by atoms with E-state index < -0.39 is 0 Å². The van der Waals surface area contributed by atoms with Crippen molar-refractivity contribution in [2.24, 2.45) is 5.92 Å². The number of nitrogens with one attached hydrogen (secondary N) is 1. The van der Waals surface area contributed by atoms with Crippen LogP contribution < -0.4 is 5.32 Å². The van der Waals surface area contributed by atoms with Crippen molar-refractivity contribution in [3.63, 3.8) is 0 Å². The average molecular weight is 345 g/mol. The van der Waals surface area contributed by atoms with Gasteiger partial charge in [0.05, 0.1) is 0 Å². The Hall–Kier alpha value is -1.14. The Kier molecular flexibility index (Phi) is 8.55. The molecule has 0 spiro atoms. The van der Waals surface area contributed by atoms with Crippen molar-refractivity contribution >= 4 is 18.3 Å². The summed E-state index contributed by atoms with van der Waals surface area (Å²) < 4.78 is 5.19. The lowest BCUT2D eigenvalue weighted by atomic mass is 9.93. The lowest BCUT2D eigenvalue weighted by Crippen LogP contribution is -2.39. The van der Waals surface area contributed by atoms with Gasteiger partial charge in [-0.1, -0.05) is 19.0 Å². The highest BCUT2D eigenvalue weighted by Gasteiger charge is 2.22. The Morgan fingerprint density at radius 2 is 2.09 bits per heavy atom. The van der Waals surface area contributed by atoms with Crippen LogP contribution in [0.15, 0.2) is 4.52 Å². The number of rotatable bonds is 7. The number of piperidine rings is 1. The maximum atomic E-state index is 12.3. The van der Waals surface area contributed by atoms with Crippen LogP contribution in [0, 0.1) is 5.92 Å². The number of nitrogens with zero attached hydrogens (tertiary/aromatic N) is 3. The fraction of sp³-hybridized carbons (Fsp3) is 0.812. The van der Waals surface area contributed by atoms with E-state index in [9.17, 15) is 4.79 Å². The summed E-state index contributed by atoms with van der Waals surface area (Å²) in [4.78, 5) is 18.6. The molecule has 1 N–H and O–H groups in total. The van der Waals surface area contributed by atoms with Crippen molar-refractivity contribution in [1.82, 2.24) is 20.4 Å². The van der Waals surface area contributed by atoms with Gasteiger partial charge in [0.1, 0.15) is 0 Å². The van der Waals surface area contributed by atoms with Gasteiger partial charge in [-0.3, -0.25) is 4.79 Å². The fourth-order valence-corrected chi connectivity index (χ4v) is 2.80. The topological polar surface area (TPSA) is 71.3 Å². The molecule has 23 heavy (non-hydrogen) atoms. The zero-order valence-electron chi connectivity index (χ0n) is 14.4. The molecule has 0 radical (unpaired) electrons. The lowest BCUT2D eigenvalue weighted by molar-refractivity contribution is -0.132. The van der Waals surface area contributed by atoms with Crippen molar-refractivity contribution in [3.05, 3.63) is 11.7 Å². The molecule has 1 fully saturated rings. The maximum Gasteiger partial charge on any atom is 0.227 e. The summed E-state index contributed by atoms with van der Waals surface area (Å²) in [5, 5.41) is 7.12. The molecular formula is C16H29ClN4O2. The van der Waals surface area contributed by atoms with Crippen molar-refractivity contribution in [2.75, 3.05) is 26.7 Å². The molecule has 1 aliphatic heterocycles. The molecule has 1 aromatic rings. The standard InChI is InChI=1S/C16H28N4O2.ClH/c1-12(2)16-18-14(22-19-16)4-5-15(21)20-10-7-13(8-11-20)6-9-17-3;/h12-13,17H,4-11H2,1-3H3;1H. The highest BCUT2D eigenvalue weighted by atomic mass is 35.5. The van der Waals surface area contributed by atoms with E-state index in [0.717, 1.165) is 38.4 Å². The molecule has 0 aromatic carbocycles. The molecule has 1 aromatic heterocycles. The molecule has 1 saturated heterocycles. The van der Waals surface area contributed by atoms with Gasteiger partial charge in [-0.15, -0.1) is 12.4 Å². The van der Waals surface area contributed by atoms with E-state index in [-0.39, 0.29) is 24.2 Å². The van der Waals surface area contributed by atoms with Gasteiger partial charge in [0.15, 0.2) is 5.82 Å². The second-order valence-electron chi connectivity index (χ2n) is 6.42. The number of hydrogen-bond donors (Lipinski definition) is 1. The number of likely N-dealkylation sites (tertiary alicyclic amines) is 1. The monoisotopic (exact) mass is 344 g/mol. The minimum absolute atomic E-state index is 0. The first-order valence-electron chi connectivity index (χ1n) is 8.35. The molecule has 6 nitrogen and oxygen atoms in total. The largest absolute Gasteiger partial charge is 0.343 e. The molecule has 2 rings (SSSR count). The van der Waals surface area contributed by atoms with E-state index in [0.29, 0.717) is 24.6 Å². The van der Waals surface area contributed by atoms with E-state index in [1.54, 1.807) is 0 Å². The zero-order chi connectivity index (χ0) is 15.9. The minimum Gasteiger partial charge on any atom is -0.343 e. The molecule has 0 bridgehead atoms. The van der Waals surface area contributed by atoms with Crippen molar-refractivity contribution in [1.29, 1.82) is 0 Å². The van der Waals surface area contributed by atoms with Crippen LogP contribution in [0.5, 0.6) is 0 Å². The van der Waals surface area contributed by atoms with Gasteiger partial charge in [-0.25, -0.2) is 0 Å². The van der Waals surface area contributed by atoms with E-state index in [1.807, 2.05) is 25.8 Å². The van der Waals surface area contributed by atoms with Gasteiger partial charge in [0.25, 0.3) is 0 Å². The molecule has 1 aliphatic rings. The van der Waals surface area contributed by atoms with Crippen molar-refractivity contribution < 1.29 is 9.32 Å². The maximum absolute atomic E-state index is 12.3. The summed E-state index contributed by atoms with van der Waals surface area (Å²) in [6.07, 6.45) is 4.44. The second-order valence-corrected chi connectivity index (χ2v) is 6.42. The van der Waals surface area contributed by atoms with Crippen molar-refractivity contribution in [2.45, 2.75) is 51.9 Å². The molecule has 7 heteroatoms. The second kappa shape index (κ2) is 9.88. The lowest BCUT2D eigenvalue weighted by Gasteiger charge is -2.32. The third kappa shape index (κ3) is 6.11. The number of carbonyl (C=O) groups excluding carboxylic acids is 1. The number of hydrogen-bond acceptors (Lipinski definition) is 5. The Labute approximate surface area is 144 Å². The average Bonchev–Trinajstić information content (AvgIpc) is 3.00. The predicted octanol–water partition coefficient (Wildman–Crippen LogP) is 2.40. The number of aryl methyl sites for hydroxylation is 1. The molecule has 1 amide bonds. The fourth-order valence-electron chi connectivity index (χ4n) is 2.80. The Bertz CT molecular complexity index is 470. The van der Waals surface area contributed by atoms with Gasteiger partial charge >= 0.3 is 0 Å². The minimum atomic E-state index is 0. The highest BCUT2D eigenvalue weighted by Crippen LogP contribution is 2.21. The first-order chi connectivity index (χ1) is 10.6. The van der Waals surface area contributed by atoms with Crippen LogP contribution in [0.2, 0.25) is 0 Å². The Balaban J connectivity index is 0.00000264. The van der Waals surface area contributed by atoms with Crippen LogP contribution in [-0.2, 0) is 11.2 Å². The Morgan fingerprint density at radius 3 is 2.65 bits per heavy atom. The zero-order valence-corrected chi connectivity index (χ0v) is 15.2. The van der Waals surface area contributed by atoms with Crippen LogP contribution >= 0.6 is 12.4 Å². The molecule has 0 unspecified atom stereocenters. The van der Waals surface area contributed by atoms with Crippen LogP contribution in [0.25, 0.3) is 0 Å². The molecule has 0 aliphatic carbocycles. The SMILES string of the molecule is CNCCC1CCN(C(=O)CCc2nc(C(C)C)no2)CC1.Cl. The van der Waals surface area contributed by atoms with Crippen LogP contribution in [0.4, 0.5) is 0 Å². The van der Waals surface area contributed by atoms with Gasteiger partial charge in [0, 0.05) is 31.8 Å². The van der Waals surface area contributed by atoms with E-state index in [4.69, 9.17) is 4.52 Å². The molecule has 2 heterocycles. The molecule has 0 saturated carbocycles. The third-order valence-electron chi connectivity index (χ3n) is 4.32. The van der Waals surface area contributed by atoms with Gasteiger partial charge in [0.2, 0.25) is 11.8 Å². The molecular weight excluding hydrogens is 316 g/mol. The summed E-state index contributed by atoms with van der Waals surface area (Å²) in [6, 6.07) is 0. The van der Waals surface area contributed by atoms with Crippen LogP contribution in [-0.4, -0.2) is 47.6 Å². The van der Waals surface area contributed by atoms with E-state index in [2.05, 4.69) is 15.5 Å². The summed E-state index contributed by atoms with van der Waals surface area (Å²) in [5.41, 5.74) is 0. The summed E-state index contributed by atoms with van der Waals surface area (Å²) in [7, 11) is 1.99. The van der Waals surface area contributed by atoms with Gasteiger partial charge < -0.3 is 14.7 Å². The first-order valence-corrected chi connectivity index (χ1v) is 8.35. The van der Waals surface area contributed by atoms with Crippen molar-refractivity contribution in [3.8, 4) is 0 Å². The quantitative estimate of drug-likeness (QED) is 0.822. The van der Waals surface area contributed by atoms with Gasteiger partial charge in [-0.2, -0.15) is 4.98 Å². The number of aromatic nitrogens is 2. The number of amides is 1. The Morgan fingerprint density at radius 1 is 1.39 bits per heavy atom. The first kappa shape index (κ1) is 19.9. The summed E-state index contributed by atoms with van der Waals surface area (Å²) in [5.74, 6) is 2.50. The smallest absolute Gasteiger partial charge is 0.227 e. The van der Waals surface area contributed by atoms with Crippen LogP contribution in [0.3, 0.4) is 0 Å². The van der Waals surface area contributed by atoms with E-state index >= 15 is 0 Å².